The van der Waals surface area contributed by atoms with Crippen molar-refractivity contribution in [2.24, 2.45) is 5.41 Å². The maximum absolute atomic E-state index is 9.12. The summed E-state index contributed by atoms with van der Waals surface area (Å²) in [5.41, 5.74) is 1.34. The molecule has 1 heterocycles. The molecule has 1 aromatic rings. The fourth-order valence-corrected chi connectivity index (χ4v) is 3.07. The Morgan fingerprint density at radius 2 is 2.25 bits per heavy atom. The van der Waals surface area contributed by atoms with E-state index in [4.69, 9.17) is 9.84 Å². The fraction of sp³-hybridized carbons (Fsp3) is 0.625. The third-order valence-corrected chi connectivity index (χ3v) is 4.50. The van der Waals surface area contributed by atoms with Gasteiger partial charge in [-0.05, 0) is 46.7 Å². The van der Waals surface area contributed by atoms with Crippen LogP contribution < -0.4 is 10.1 Å². The maximum Gasteiger partial charge on any atom is 0.138 e. The molecule has 2 N–H and O–H groups in total. The lowest BCUT2D eigenvalue weighted by Crippen LogP contribution is -2.33. The highest BCUT2D eigenvalue weighted by molar-refractivity contribution is 9.10. The fourth-order valence-electron chi connectivity index (χ4n) is 2.57. The van der Waals surface area contributed by atoms with Gasteiger partial charge in [-0.2, -0.15) is 0 Å². The number of fused-ring (bicyclic) bond motifs is 1. The summed E-state index contributed by atoms with van der Waals surface area (Å²) >= 11 is 3.57. The molecular weight excluding hydrogens is 318 g/mol. The summed E-state index contributed by atoms with van der Waals surface area (Å²) in [6.07, 6.45) is 2.95. The Hall–Kier alpha value is -0.580. The van der Waals surface area contributed by atoms with Crippen molar-refractivity contribution in [1.82, 2.24) is 5.32 Å². The monoisotopic (exact) mass is 341 g/mol. The SMILES string of the molecule is CC(C)(CCO)CNC1CCCOc2c(Br)cccc21. The van der Waals surface area contributed by atoms with Crippen LogP contribution in [0.15, 0.2) is 22.7 Å². The van der Waals surface area contributed by atoms with Crippen molar-refractivity contribution in [2.75, 3.05) is 19.8 Å². The second kappa shape index (κ2) is 6.92. The predicted molar refractivity (Wildman–Crippen MR) is 85.1 cm³/mol. The molecule has 1 atom stereocenters. The molecule has 1 unspecified atom stereocenters. The third-order valence-electron chi connectivity index (χ3n) is 3.87. The van der Waals surface area contributed by atoms with E-state index in [1.165, 1.54) is 5.56 Å². The van der Waals surface area contributed by atoms with Gasteiger partial charge in [0.1, 0.15) is 5.75 Å². The van der Waals surface area contributed by atoms with Crippen LogP contribution in [0.5, 0.6) is 5.75 Å². The van der Waals surface area contributed by atoms with Crippen LogP contribution in [0.1, 0.15) is 44.7 Å². The molecule has 0 radical (unpaired) electrons. The van der Waals surface area contributed by atoms with Gasteiger partial charge in [0.15, 0.2) is 0 Å². The number of benzene rings is 1. The Morgan fingerprint density at radius 3 is 3.00 bits per heavy atom. The quantitative estimate of drug-likeness (QED) is 0.858. The first kappa shape index (κ1) is 15.8. The molecular formula is C16H24BrNO2. The molecule has 2 rings (SSSR count). The first-order valence-electron chi connectivity index (χ1n) is 7.29. The molecule has 0 aromatic heterocycles. The second-order valence-electron chi connectivity index (χ2n) is 6.22. The molecule has 1 aliphatic heterocycles. The van der Waals surface area contributed by atoms with Gasteiger partial charge in [0, 0.05) is 24.8 Å². The van der Waals surface area contributed by atoms with E-state index >= 15 is 0 Å². The van der Waals surface area contributed by atoms with Crippen molar-refractivity contribution in [3.63, 3.8) is 0 Å². The van der Waals surface area contributed by atoms with Crippen molar-refractivity contribution in [2.45, 2.75) is 39.2 Å². The van der Waals surface area contributed by atoms with Gasteiger partial charge < -0.3 is 15.2 Å². The van der Waals surface area contributed by atoms with Crippen molar-refractivity contribution in [1.29, 1.82) is 0 Å². The van der Waals surface area contributed by atoms with Gasteiger partial charge in [-0.15, -0.1) is 0 Å². The topological polar surface area (TPSA) is 41.5 Å². The Bertz CT molecular complexity index is 448. The number of hydrogen-bond donors (Lipinski definition) is 2. The van der Waals surface area contributed by atoms with E-state index in [9.17, 15) is 0 Å². The van der Waals surface area contributed by atoms with Crippen LogP contribution in [0.3, 0.4) is 0 Å². The molecule has 1 aliphatic rings. The third kappa shape index (κ3) is 3.96. The Labute approximate surface area is 129 Å². The molecule has 0 fully saturated rings. The molecule has 0 amide bonds. The van der Waals surface area contributed by atoms with Crippen LogP contribution in [-0.4, -0.2) is 24.9 Å². The van der Waals surface area contributed by atoms with Crippen molar-refractivity contribution in [3.8, 4) is 5.75 Å². The number of halogens is 1. The molecule has 0 spiro atoms. The van der Waals surface area contributed by atoms with Gasteiger partial charge >= 0.3 is 0 Å². The maximum atomic E-state index is 9.12. The van der Waals surface area contributed by atoms with Gasteiger partial charge in [-0.1, -0.05) is 26.0 Å². The molecule has 0 saturated carbocycles. The lowest BCUT2D eigenvalue weighted by atomic mass is 9.89. The zero-order chi connectivity index (χ0) is 14.6. The zero-order valence-electron chi connectivity index (χ0n) is 12.3. The average Bonchev–Trinajstić information content (AvgIpc) is 2.60. The average molecular weight is 342 g/mol. The smallest absolute Gasteiger partial charge is 0.138 e. The molecule has 112 valence electrons. The summed E-state index contributed by atoms with van der Waals surface area (Å²) in [7, 11) is 0. The number of nitrogens with one attached hydrogen (secondary N) is 1. The summed E-state index contributed by atoms with van der Waals surface area (Å²) < 4.78 is 6.89. The number of rotatable bonds is 5. The summed E-state index contributed by atoms with van der Waals surface area (Å²) in [5.74, 6) is 0.975. The largest absolute Gasteiger partial charge is 0.492 e. The summed E-state index contributed by atoms with van der Waals surface area (Å²) in [4.78, 5) is 0. The van der Waals surface area contributed by atoms with Gasteiger partial charge in [0.05, 0.1) is 11.1 Å². The van der Waals surface area contributed by atoms with Crippen LogP contribution in [0, 0.1) is 5.41 Å². The highest BCUT2D eigenvalue weighted by atomic mass is 79.9. The van der Waals surface area contributed by atoms with Crippen molar-refractivity contribution < 1.29 is 9.84 Å². The predicted octanol–water partition coefficient (Wildman–Crippen LogP) is 3.66. The van der Waals surface area contributed by atoms with E-state index in [0.717, 1.165) is 42.6 Å². The minimum absolute atomic E-state index is 0.105. The van der Waals surface area contributed by atoms with Gasteiger partial charge in [-0.25, -0.2) is 0 Å². The molecule has 20 heavy (non-hydrogen) atoms. The lowest BCUT2D eigenvalue weighted by molar-refractivity contribution is 0.202. The highest BCUT2D eigenvalue weighted by Crippen LogP contribution is 2.37. The van der Waals surface area contributed by atoms with Gasteiger partial charge in [-0.3, -0.25) is 0 Å². The Morgan fingerprint density at radius 1 is 1.45 bits per heavy atom. The minimum atomic E-state index is 0.105. The lowest BCUT2D eigenvalue weighted by Gasteiger charge is -2.28. The van der Waals surface area contributed by atoms with Crippen LogP contribution in [-0.2, 0) is 0 Å². The van der Waals surface area contributed by atoms with Crippen LogP contribution >= 0.6 is 15.9 Å². The molecule has 0 bridgehead atoms. The molecule has 1 aromatic carbocycles. The summed E-state index contributed by atoms with van der Waals surface area (Å²) in [6.45, 7) is 6.28. The summed E-state index contributed by atoms with van der Waals surface area (Å²) in [6, 6.07) is 6.55. The van der Waals surface area contributed by atoms with Crippen molar-refractivity contribution >= 4 is 15.9 Å². The van der Waals surface area contributed by atoms with Crippen LogP contribution in [0.2, 0.25) is 0 Å². The molecule has 0 aliphatic carbocycles. The van der Waals surface area contributed by atoms with E-state index in [1.54, 1.807) is 0 Å². The number of ether oxygens (including phenoxy) is 1. The number of hydrogen-bond acceptors (Lipinski definition) is 3. The first-order valence-corrected chi connectivity index (χ1v) is 8.08. The highest BCUT2D eigenvalue weighted by Gasteiger charge is 2.24. The Kier molecular flexibility index (Phi) is 5.47. The second-order valence-corrected chi connectivity index (χ2v) is 7.07. The normalized spacial score (nSPS) is 19.1. The molecule has 4 heteroatoms. The summed E-state index contributed by atoms with van der Waals surface area (Å²) in [5, 5.41) is 12.8. The molecule has 3 nitrogen and oxygen atoms in total. The Balaban J connectivity index is 2.11. The van der Waals surface area contributed by atoms with E-state index < -0.39 is 0 Å². The number of para-hydroxylation sites is 1. The molecule has 0 saturated heterocycles. The zero-order valence-corrected chi connectivity index (χ0v) is 13.9. The van der Waals surface area contributed by atoms with E-state index in [2.05, 4.69) is 47.2 Å². The van der Waals surface area contributed by atoms with Crippen molar-refractivity contribution in [3.05, 3.63) is 28.2 Å². The van der Waals surface area contributed by atoms with E-state index in [0.29, 0.717) is 6.04 Å². The minimum Gasteiger partial charge on any atom is -0.492 e. The first-order chi connectivity index (χ1) is 9.53. The number of aliphatic hydroxyl groups is 1. The van der Waals surface area contributed by atoms with E-state index in [1.807, 2.05) is 6.07 Å². The van der Waals surface area contributed by atoms with Crippen LogP contribution in [0.25, 0.3) is 0 Å². The van der Waals surface area contributed by atoms with E-state index in [-0.39, 0.29) is 12.0 Å². The van der Waals surface area contributed by atoms with Gasteiger partial charge in [0.2, 0.25) is 0 Å². The van der Waals surface area contributed by atoms with Crippen LogP contribution in [0.4, 0.5) is 0 Å². The standard InChI is InChI=1S/C16H24BrNO2/c1-16(2,8-9-19)11-18-14-7-4-10-20-15-12(14)5-3-6-13(15)17/h3,5-6,14,18-19H,4,7-11H2,1-2H3. The van der Waals surface area contributed by atoms with Gasteiger partial charge in [0.25, 0.3) is 0 Å². The number of aliphatic hydroxyl groups excluding tert-OH is 1.